The maximum atomic E-state index is 14.1. The Balaban J connectivity index is 2.07. The number of carbonyl (C=O) groups is 2. The van der Waals surface area contributed by atoms with Gasteiger partial charge in [0, 0.05) is 19.2 Å². The minimum absolute atomic E-state index is 0.0641. The molecule has 0 aliphatic heterocycles. The second-order valence-electron chi connectivity index (χ2n) is 9.40. The maximum Gasteiger partial charge on any atom is 0.264 e. The van der Waals surface area contributed by atoms with E-state index in [9.17, 15) is 18.0 Å². The SMILES string of the molecule is CCNC(=O)[C@H](C)N(Cc1ccc(OC)cc1)C(=O)CN(c1ccc(OCC)cc1)S(=O)(=O)c1ccc(OC)c(OC)c1. The van der Waals surface area contributed by atoms with Crippen LogP contribution in [0.2, 0.25) is 0 Å². The van der Waals surface area contributed by atoms with Gasteiger partial charge in [-0.2, -0.15) is 0 Å². The predicted octanol–water partition coefficient (Wildman–Crippen LogP) is 3.86. The van der Waals surface area contributed by atoms with Crippen molar-refractivity contribution < 1.29 is 37.0 Å². The Morgan fingerprint density at radius 1 is 0.837 bits per heavy atom. The smallest absolute Gasteiger partial charge is 0.264 e. The fourth-order valence-corrected chi connectivity index (χ4v) is 5.77. The maximum absolute atomic E-state index is 14.1. The van der Waals surface area contributed by atoms with Crippen LogP contribution in [0.3, 0.4) is 0 Å². The third kappa shape index (κ3) is 8.10. The molecular weight excluding hydrogens is 574 g/mol. The largest absolute Gasteiger partial charge is 0.497 e. The van der Waals surface area contributed by atoms with Crippen molar-refractivity contribution in [3.8, 4) is 23.0 Å². The van der Waals surface area contributed by atoms with Gasteiger partial charge in [-0.05, 0) is 74.9 Å². The number of amides is 2. The van der Waals surface area contributed by atoms with E-state index in [1.54, 1.807) is 69.5 Å². The molecule has 2 amide bonds. The van der Waals surface area contributed by atoms with E-state index in [1.807, 2.05) is 6.92 Å². The number of carbonyl (C=O) groups excluding carboxylic acids is 2. The summed E-state index contributed by atoms with van der Waals surface area (Å²) in [6.45, 7) is 5.52. The molecule has 0 saturated carbocycles. The summed E-state index contributed by atoms with van der Waals surface area (Å²) >= 11 is 0. The van der Waals surface area contributed by atoms with Gasteiger partial charge in [-0.15, -0.1) is 0 Å². The molecule has 0 aromatic heterocycles. The lowest BCUT2D eigenvalue weighted by molar-refractivity contribution is -0.139. The van der Waals surface area contributed by atoms with Crippen LogP contribution < -0.4 is 28.6 Å². The van der Waals surface area contributed by atoms with Crippen molar-refractivity contribution in [1.82, 2.24) is 10.2 Å². The fraction of sp³-hybridized carbons (Fsp3) is 0.355. The third-order valence-corrected chi connectivity index (χ3v) is 8.46. The number of nitrogens with zero attached hydrogens (tertiary/aromatic N) is 2. The van der Waals surface area contributed by atoms with Crippen LogP contribution in [0, 0.1) is 0 Å². The molecule has 0 saturated heterocycles. The van der Waals surface area contributed by atoms with E-state index in [0.29, 0.717) is 30.4 Å². The molecule has 0 unspecified atom stereocenters. The summed E-state index contributed by atoms with van der Waals surface area (Å²) < 4.78 is 50.6. The summed E-state index contributed by atoms with van der Waals surface area (Å²) in [6.07, 6.45) is 0. The van der Waals surface area contributed by atoms with Crippen LogP contribution in [0.5, 0.6) is 23.0 Å². The zero-order chi connectivity index (χ0) is 31.6. The van der Waals surface area contributed by atoms with Gasteiger partial charge in [0.15, 0.2) is 11.5 Å². The van der Waals surface area contributed by atoms with Crippen molar-refractivity contribution in [3.63, 3.8) is 0 Å². The van der Waals surface area contributed by atoms with Crippen LogP contribution in [0.1, 0.15) is 26.3 Å². The number of rotatable bonds is 15. The molecule has 0 aliphatic rings. The number of methoxy groups -OCH3 is 3. The Bertz CT molecular complexity index is 1480. The summed E-state index contributed by atoms with van der Waals surface area (Å²) in [5.41, 5.74) is 0.974. The molecule has 1 N–H and O–H groups in total. The zero-order valence-electron chi connectivity index (χ0n) is 25.3. The van der Waals surface area contributed by atoms with Crippen molar-refractivity contribution in [2.24, 2.45) is 0 Å². The van der Waals surface area contributed by atoms with Gasteiger partial charge in [0.05, 0.1) is 38.5 Å². The first-order valence-electron chi connectivity index (χ1n) is 13.8. The second-order valence-corrected chi connectivity index (χ2v) is 11.3. The van der Waals surface area contributed by atoms with Crippen LogP contribution in [0.25, 0.3) is 0 Å². The number of benzene rings is 3. The summed E-state index contributed by atoms with van der Waals surface area (Å²) in [4.78, 5) is 28.2. The summed E-state index contributed by atoms with van der Waals surface area (Å²) in [6, 6.07) is 16.8. The first kappa shape index (κ1) is 33.1. The van der Waals surface area contributed by atoms with Crippen molar-refractivity contribution in [3.05, 3.63) is 72.3 Å². The standard InChI is InChI=1S/C31H39N3O8S/c1-7-32-31(36)22(3)33(20-23-9-13-25(39-4)14-10-23)30(35)21-34(24-11-15-26(16-12-24)42-8-2)43(37,38)27-17-18-28(40-5)29(19-27)41-6/h9-19,22H,7-8,20-21H2,1-6H3,(H,32,36)/t22-/m0/s1. The molecule has 0 aliphatic carbocycles. The molecule has 43 heavy (non-hydrogen) atoms. The van der Waals surface area contributed by atoms with Crippen molar-refractivity contribution in [2.75, 3.05) is 45.3 Å². The molecule has 0 bridgehead atoms. The van der Waals surface area contributed by atoms with E-state index in [2.05, 4.69) is 5.32 Å². The van der Waals surface area contributed by atoms with Crippen LogP contribution in [-0.4, -0.2) is 72.2 Å². The van der Waals surface area contributed by atoms with Crippen LogP contribution in [0.4, 0.5) is 5.69 Å². The Morgan fingerprint density at radius 3 is 2.02 bits per heavy atom. The van der Waals surface area contributed by atoms with Gasteiger partial charge >= 0.3 is 0 Å². The van der Waals surface area contributed by atoms with E-state index in [1.165, 1.54) is 37.3 Å². The lowest BCUT2D eigenvalue weighted by Crippen LogP contribution is -2.51. The Morgan fingerprint density at radius 2 is 1.47 bits per heavy atom. The lowest BCUT2D eigenvalue weighted by atomic mass is 10.1. The average molecular weight is 614 g/mol. The fourth-order valence-electron chi connectivity index (χ4n) is 4.34. The van der Waals surface area contributed by atoms with Gasteiger partial charge in [-0.25, -0.2) is 8.42 Å². The molecule has 12 heteroatoms. The van der Waals surface area contributed by atoms with Crippen LogP contribution >= 0.6 is 0 Å². The van der Waals surface area contributed by atoms with Gasteiger partial charge in [0.25, 0.3) is 10.0 Å². The van der Waals surface area contributed by atoms with Crippen molar-refractivity contribution in [2.45, 2.75) is 38.3 Å². The molecule has 3 rings (SSSR count). The molecule has 0 heterocycles. The number of hydrogen-bond donors (Lipinski definition) is 1. The van der Waals surface area contributed by atoms with E-state index in [4.69, 9.17) is 18.9 Å². The average Bonchev–Trinajstić information content (AvgIpc) is 3.02. The Kier molecular flexibility index (Phi) is 11.6. The zero-order valence-corrected chi connectivity index (χ0v) is 26.1. The van der Waals surface area contributed by atoms with E-state index < -0.39 is 28.5 Å². The highest BCUT2D eigenvalue weighted by Gasteiger charge is 2.33. The molecule has 0 radical (unpaired) electrons. The molecule has 11 nitrogen and oxygen atoms in total. The second kappa shape index (κ2) is 15.1. The quantitative estimate of drug-likeness (QED) is 0.274. The van der Waals surface area contributed by atoms with E-state index in [-0.39, 0.29) is 28.8 Å². The highest BCUT2D eigenvalue weighted by atomic mass is 32.2. The minimum Gasteiger partial charge on any atom is -0.497 e. The van der Waals surface area contributed by atoms with E-state index in [0.717, 1.165) is 9.87 Å². The van der Waals surface area contributed by atoms with Crippen molar-refractivity contribution in [1.29, 1.82) is 0 Å². The molecule has 3 aromatic carbocycles. The normalized spacial score (nSPS) is 11.7. The summed E-state index contributed by atoms with van der Waals surface area (Å²) in [7, 11) is 0.0940. The highest BCUT2D eigenvalue weighted by molar-refractivity contribution is 7.92. The topological polar surface area (TPSA) is 124 Å². The number of ether oxygens (including phenoxy) is 4. The lowest BCUT2D eigenvalue weighted by Gasteiger charge is -2.32. The van der Waals surface area contributed by atoms with Gasteiger partial charge in [-0.3, -0.25) is 13.9 Å². The molecule has 0 fully saturated rings. The summed E-state index contributed by atoms with van der Waals surface area (Å²) in [5.74, 6) is 0.819. The predicted molar refractivity (Wildman–Crippen MR) is 163 cm³/mol. The highest BCUT2D eigenvalue weighted by Crippen LogP contribution is 2.33. The van der Waals surface area contributed by atoms with Crippen LogP contribution in [0.15, 0.2) is 71.6 Å². The monoisotopic (exact) mass is 613 g/mol. The van der Waals surface area contributed by atoms with Gasteiger partial charge in [-0.1, -0.05) is 12.1 Å². The number of anilines is 1. The van der Waals surface area contributed by atoms with Gasteiger partial charge < -0.3 is 29.2 Å². The molecular formula is C31H39N3O8S. The Labute approximate surface area is 253 Å². The van der Waals surface area contributed by atoms with Crippen molar-refractivity contribution >= 4 is 27.5 Å². The molecule has 232 valence electrons. The molecule has 1 atom stereocenters. The molecule has 0 spiro atoms. The third-order valence-electron chi connectivity index (χ3n) is 6.69. The van der Waals surface area contributed by atoms with Crippen LogP contribution in [-0.2, 0) is 26.2 Å². The van der Waals surface area contributed by atoms with E-state index >= 15 is 0 Å². The molecule has 3 aromatic rings. The number of sulfonamides is 1. The first-order valence-corrected chi connectivity index (χ1v) is 15.2. The first-order chi connectivity index (χ1) is 20.6. The Hall–Kier alpha value is -4.45. The number of hydrogen-bond acceptors (Lipinski definition) is 8. The number of nitrogens with one attached hydrogen (secondary N) is 1. The summed E-state index contributed by atoms with van der Waals surface area (Å²) in [5, 5.41) is 2.74. The van der Waals surface area contributed by atoms with Gasteiger partial charge in [0.2, 0.25) is 11.8 Å². The number of likely N-dealkylation sites (N-methyl/N-ethyl adjacent to an activating group) is 1. The minimum atomic E-state index is -4.31. The van der Waals surface area contributed by atoms with Gasteiger partial charge in [0.1, 0.15) is 24.1 Å².